The molecule has 0 N–H and O–H groups in total. The first-order valence-electron chi connectivity index (χ1n) is 12.3. The van der Waals surface area contributed by atoms with Crippen LogP contribution < -0.4 is 0 Å². The van der Waals surface area contributed by atoms with Crippen LogP contribution in [-0.2, 0) is 10.8 Å². The van der Waals surface area contributed by atoms with Gasteiger partial charge in [0.15, 0.2) is 0 Å². The van der Waals surface area contributed by atoms with Crippen molar-refractivity contribution in [1.82, 2.24) is 0 Å². The van der Waals surface area contributed by atoms with Crippen LogP contribution in [0, 0.1) is 0 Å². The van der Waals surface area contributed by atoms with Crippen LogP contribution in [0.25, 0.3) is 17.2 Å². The van der Waals surface area contributed by atoms with Gasteiger partial charge in [-0.1, -0.05) is 126 Å². The highest BCUT2D eigenvalue weighted by molar-refractivity contribution is 5.81. The lowest BCUT2D eigenvalue weighted by molar-refractivity contribution is 0.589. The van der Waals surface area contributed by atoms with Crippen molar-refractivity contribution in [2.45, 2.75) is 71.1 Å². The van der Waals surface area contributed by atoms with E-state index in [9.17, 15) is 0 Å². The van der Waals surface area contributed by atoms with E-state index >= 15 is 0 Å². The van der Waals surface area contributed by atoms with E-state index in [0.717, 1.165) is 0 Å². The second-order valence-corrected chi connectivity index (χ2v) is 12.0. The highest BCUT2D eigenvalue weighted by Crippen LogP contribution is 2.49. The van der Waals surface area contributed by atoms with Crippen LogP contribution in [0.4, 0.5) is 0 Å². The highest BCUT2D eigenvalue weighted by atomic mass is 14.3. The zero-order chi connectivity index (χ0) is 23.5. The number of fused-ring (bicyclic) bond motifs is 4. The van der Waals surface area contributed by atoms with Crippen molar-refractivity contribution in [3.8, 4) is 11.1 Å². The number of rotatable bonds is 2. The molecule has 168 valence electrons. The molecule has 3 aromatic carbocycles. The molecule has 33 heavy (non-hydrogen) atoms. The summed E-state index contributed by atoms with van der Waals surface area (Å²) in [6, 6.07) is 23.1. The monoisotopic (exact) mass is 432 g/mol. The van der Waals surface area contributed by atoms with E-state index in [-0.39, 0.29) is 10.8 Å². The summed E-state index contributed by atoms with van der Waals surface area (Å²) in [7, 11) is 0. The van der Waals surface area contributed by atoms with Gasteiger partial charge >= 0.3 is 0 Å². The maximum atomic E-state index is 2.48. The number of allylic oxidation sites excluding steroid dienone is 3. The molecule has 0 heterocycles. The molecule has 0 amide bonds. The lowest BCUT2D eigenvalue weighted by Crippen LogP contribution is -2.12. The van der Waals surface area contributed by atoms with E-state index in [2.05, 4.69) is 127 Å². The Balaban J connectivity index is 1.63. The van der Waals surface area contributed by atoms with E-state index < -0.39 is 0 Å². The van der Waals surface area contributed by atoms with Gasteiger partial charge in [0.2, 0.25) is 0 Å². The van der Waals surface area contributed by atoms with Crippen molar-refractivity contribution in [2.75, 3.05) is 0 Å². The lowest BCUT2D eigenvalue weighted by Gasteiger charge is -2.22. The molecule has 1 atom stereocenters. The molecular formula is C33H36. The summed E-state index contributed by atoms with van der Waals surface area (Å²) in [4.78, 5) is 0. The molecule has 5 rings (SSSR count). The lowest BCUT2D eigenvalue weighted by atomic mass is 9.83. The van der Waals surface area contributed by atoms with Crippen LogP contribution in [0.1, 0.15) is 93.7 Å². The van der Waals surface area contributed by atoms with Gasteiger partial charge in [-0.25, -0.2) is 0 Å². The molecule has 0 nitrogen and oxygen atoms in total. The van der Waals surface area contributed by atoms with Crippen LogP contribution in [-0.4, -0.2) is 0 Å². The molecule has 0 aliphatic heterocycles. The van der Waals surface area contributed by atoms with Crippen molar-refractivity contribution in [3.63, 3.8) is 0 Å². The van der Waals surface area contributed by atoms with Crippen LogP contribution >= 0.6 is 0 Å². The summed E-state index contributed by atoms with van der Waals surface area (Å²) < 4.78 is 0. The fourth-order valence-electron chi connectivity index (χ4n) is 5.42. The van der Waals surface area contributed by atoms with Gasteiger partial charge in [0.25, 0.3) is 0 Å². The van der Waals surface area contributed by atoms with Crippen LogP contribution in [0.5, 0.6) is 0 Å². The fraction of sp³-hybridized carbons (Fsp3) is 0.333. The summed E-state index contributed by atoms with van der Waals surface area (Å²) in [5, 5.41) is 0. The largest absolute Gasteiger partial charge is 0.0760 e. The maximum absolute atomic E-state index is 2.48. The molecule has 0 aromatic heterocycles. The Morgan fingerprint density at radius 2 is 1.12 bits per heavy atom. The Bertz CT molecular complexity index is 1220. The smallest absolute Gasteiger partial charge is 0.0282 e. The second-order valence-electron chi connectivity index (χ2n) is 12.0. The van der Waals surface area contributed by atoms with Gasteiger partial charge < -0.3 is 0 Å². The molecule has 0 saturated carbocycles. The number of hydrogen-bond acceptors (Lipinski definition) is 0. The second kappa shape index (κ2) is 7.59. The topological polar surface area (TPSA) is 0 Å². The predicted molar refractivity (Wildman–Crippen MR) is 143 cm³/mol. The predicted octanol–water partition coefficient (Wildman–Crippen LogP) is 9.15. The van der Waals surface area contributed by atoms with Crippen LogP contribution in [0.15, 0.2) is 78.4 Å². The van der Waals surface area contributed by atoms with Gasteiger partial charge in [-0.2, -0.15) is 0 Å². The van der Waals surface area contributed by atoms with Gasteiger partial charge in [-0.15, -0.1) is 0 Å². The van der Waals surface area contributed by atoms with Gasteiger partial charge in [0.1, 0.15) is 0 Å². The average molecular weight is 433 g/mol. The quantitative estimate of drug-likeness (QED) is 0.354. The van der Waals surface area contributed by atoms with Gasteiger partial charge in [0, 0.05) is 11.8 Å². The van der Waals surface area contributed by atoms with Gasteiger partial charge in [-0.3, -0.25) is 0 Å². The molecular weight excluding hydrogens is 396 g/mol. The van der Waals surface area contributed by atoms with E-state index in [0.29, 0.717) is 11.8 Å². The Morgan fingerprint density at radius 3 is 1.67 bits per heavy atom. The third-order valence-electron chi connectivity index (χ3n) is 7.50. The minimum Gasteiger partial charge on any atom is -0.0760 e. The Labute approximate surface area is 200 Å². The number of benzene rings is 3. The standard InChI is InChI=1S/C33H36/c1-21-18-22-10-8-9-11-26(22)25(21)16-17-29-30-19-23(32(2,3)4)12-14-27(30)28-15-13-24(20-31(28)29)33(5,6)7/h8-20,25,29H,1-7H3. The molecule has 2 aliphatic rings. The Morgan fingerprint density at radius 1 is 0.606 bits per heavy atom. The summed E-state index contributed by atoms with van der Waals surface area (Å²) in [6.07, 6.45) is 7.28. The van der Waals surface area contributed by atoms with Crippen molar-refractivity contribution in [3.05, 3.63) is 112 Å². The SMILES string of the molecule is CC1=Cc2ccccc2C1C=CC1c2cc(C(C)(C)C)ccc2-c2ccc(C(C)(C)C)cc21. The van der Waals surface area contributed by atoms with Crippen molar-refractivity contribution < 1.29 is 0 Å². The van der Waals surface area contributed by atoms with Crippen molar-refractivity contribution >= 4 is 6.08 Å². The molecule has 3 aromatic rings. The molecule has 0 saturated heterocycles. The van der Waals surface area contributed by atoms with Crippen molar-refractivity contribution in [1.29, 1.82) is 0 Å². The van der Waals surface area contributed by atoms with E-state index in [1.165, 1.54) is 50.1 Å². The maximum Gasteiger partial charge on any atom is 0.0282 e. The third kappa shape index (κ3) is 3.80. The van der Waals surface area contributed by atoms with E-state index in [1.54, 1.807) is 0 Å². The first-order valence-corrected chi connectivity index (χ1v) is 12.3. The van der Waals surface area contributed by atoms with E-state index in [1.807, 2.05) is 0 Å². The molecule has 0 fully saturated rings. The van der Waals surface area contributed by atoms with E-state index in [4.69, 9.17) is 0 Å². The summed E-state index contributed by atoms with van der Waals surface area (Å²) in [5.74, 6) is 0.658. The summed E-state index contributed by atoms with van der Waals surface area (Å²) in [5.41, 5.74) is 13.0. The highest BCUT2D eigenvalue weighted by Gasteiger charge is 2.31. The van der Waals surface area contributed by atoms with Crippen LogP contribution in [0.2, 0.25) is 0 Å². The summed E-state index contributed by atoms with van der Waals surface area (Å²) in [6.45, 7) is 16.1. The molecule has 0 radical (unpaired) electrons. The Hall–Kier alpha value is -2.86. The first-order chi connectivity index (χ1) is 15.5. The Kier molecular flexibility index (Phi) is 5.05. The minimum atomic E-state index is 0.137. The van der Waals surface area contributed by atoms with Gasteiger partial charge in [-0.05, 0) is 62.3 Å². The fourth-order valence-corrected chi connectivity index (χ4v) is 5.42. The molecule has 2 aliphatic carbocycles. The zero-order valence-electron chi connectivity index (χ0n) is 21.2. The molecule has 0 heteroatoms. The molecule has 1 unspecified atom stereocenters. The minimum absolute atomic E-state index is 0.137. The molecule has 0 bridgehead atoms. The first kappa shape index (κ1) is 22.0. The zero-order valence-corrected chi connectivity index (χ0v) is 21.2. The normalized spacial score (nSPS) is 17.8. The third-order valence-corrected chi connectivity index (χ3v) is 7.50. The molecule has 0 spiro atoms. The summed E-state index contributed by atoms with van der Waals surface area (Å²) >= 11 is 0. The van der Waals surface area contributed by atoms with Crippen molar-refractivity contribution in [2.24, 2.45) is 0 Å². The number of hydrogen-bond donors (Lipinski definition) is 0. The van der Waals surface area contributed by atoms with Gasteiger partial charge in [0.05, 0.1) is 0 Å². The average Bonchev–Trinajstić information content (AvgIpc) is 3.24. The van der Waals surface area contributed by atoms with Crippen LogP contribution in [0.3, 0.4) is 0 Å².